The van der Waals surface area contributed by atoms with Gasteiger partial charge in [0.05, 0.1) is 0 Å². The Bertz CT molecular complexity index is 432. The minimum atomic E-state index is 0.412. The summed E-state index contributed by atoms with van der Waals surface area (Å²) in [5.41, 5.74) is 1.14. The molecule has 98 valence electrons. The Morgan fingerprint density at radius 1 is 1.33 bits per heavy atom. The Balaban J connectivity index is 2.65. The van der Waals surface area contributed by atoms with Gasteiger partial charge in [-0.15, -0.1) is 11.8 Å². The molecule has 1 nitrogen and oxygen atoms in total. The van der Waals surface area contributed by atoms with Gasteiger partial charge in [-0.1, -0.05) is 36.2 Å². The molecule has 0 aliphatic heterocycles. The first-order chi connectivity index (χ1) is 8.67. The molecule has 0 radical (unpaired) electrons. The van der Waals surface area contributed by atoms with Gasteiger partial charge in [-0.25, -0.2) is 0 Å². The Hall–Kier alpha value is -0.680. The molecule has 0 bridgehead atoms. The van der Waals surface area contributed by atoms with Crippen LogP contribution in [0.1, 0.15) is 32.3 Å². The first kappa shape index (κ1) is 15.4. The van der Waals surface area contributed by atoms with Gasteiger partial charge in [0, 0.05) is 22.5 Å². The summed E-state index contributed by atoms with van der Waals surface area (Å²) < 4.78 is 0. The zero-order valence-corrected chi connectivity index (χ0v) is 12.4. The second-order valence-electron chi connectivity index (χ2n) is 4.16. The van der Waals surface area contributed by atoms with E-state index in [1.807, 2.05) is 19.1 Å². The summed E-state index contributed by atoms with van der Waals surface area (Å²) in [7, 11) is 0. The lowest BCUT2D eigenvalue weighted by atomic mass is 10.0. The quantitative estimate of drug-likeness (QED) is 0.767. The first-order valence-electron chi connectivity index (χ1n) is 6.24. The number of hydrogen-bond acceptors (Lipinski definition) is 1. The molecule has 1 aromatic rings. The monoisotopic (exact) mass is 283 g/mol. The Labute approximate surface area is 120 Å². The SMILES string of the molecule is CC#CCCC(Cc1ccc(Cl)cc1Cl)NCC. The lowest BCUT2D eigenvalue weighted by Crippen LogP contribution is -2.30. The van der Waals surface area contributed by atoms with E-state index >= 15 is 0 Å². The van der Waals surface area contributed by atoms with Crippen molar-refractivity contribution < 1.29 is 0 Å². The molecule has 1 N–H and O–H groups in total. The van der Waals surface area contributed by atoms with Crippen LogP contribution in [0.4, 0.5) is 0 Å². The molecule has 0 saturated heterocycles. The topological polar surface area (TPSA) is 12.0 Å². The van der Waals surface area contributed by atoms with Crippen molar-refractivity contribution in [1.29, 1.82) is 0 Å². The van der Waals surface area contributed by atoms with Gasteiger partial charge in [-0.3, -0.25) is 0 Å². The van der Waals surface area contributed by atoms with Crippen LogP contribution < -0.4 is 5.32 Å². The highest BCUT2D eigenvalue weighted by atomic mass is 35.5. The smallest absolute Gasteiger partial charge is 0.0453 e. The van der Waals surface area contributed by atoms with Crippen LogP contribution in [0.25, 0.3) is 0 Å². The van der Waals surface area contributed by atoms with Crippen molar-refractivity contribution in [2.45, 2.75) is 39.2 Å². The fourth-order valence-electron chi connectivity index (χ4n) is 1.89. The summed E-state index contributed by atoms with van der Waals surface area (Å²) in [6.45, 7) is 4.94. The molecule has 1 unspecified atom stereocenters. The standard InChI is InChI=1S/C15H19Cl2N/c1-3-5-6-7-14(18-4-2)10-12-8-9-13(16)11-15(12)17/h8-9,11,14,18H,4,6-7,10H2,1-2H3. The largest absolute Gasteiger partial charge is 0.314 e. The molecule has 0 heterocycles. The highest BCUT2D eigenvalue weighted by Gasteiger charge is 2.10. The average Bonchev–Trinajstić information content (AvgIpc) is 2.33. The fraction of sp³-hybridized carbons (Fsp3) is 0.467. The van der Waals surface area contributed by atoms with E-state index in [9.17, 15) is 0 Å². The van der Waals surface area contributed by atoms with E-state index in [4.69, 9.17) is 23.2 Å². The second-order valence-corrected chi connectivity index (χ2v) is 5.00. The third-order valence-corrected chi connectivity index (χ3v) is 3.36. The number of nitrogens with one attached hydrogen (secondary N) is 1. The van der Waals surface area contributed by atoms with Crippen LogP contribution in [0.2, 0.25) is 10.0 Å². The molecule has 0 aliphatic carbocycles. The van der Waals surface area contributed by atoms with Gasteiger partial charge in [-0.2, -0.15) is 0 Å². The van der Waals surface area contributed by atoms with Gasteiger partial charge in [0.25, 0.3) is 0 Å². The molecule has 1 atom stereocenters. The van der Waals surface area contributed by atoms with Gasteiger partial charge >= 0.3 is 0 Å². The molecule has 3 heteroatoms. The summed E-state index contributed by atoms with van der Waals surface area (Å²) in [6, 6.07) is 6.10. The first-order valence-corrected chi connectivity index (χ1v) is 6.99. The van der Waals surface area contributed by atoms with Crippen LogP contribution in [-0.2, 0) is 6.42 Å². The number of likely N-dealkylation sites (N-methyl/N-ethyl adjacent to an activating group) is 1. The summed E-state index contributed by atoms with van der Waals surface area (Å²) in [4.78, 5) is 0. The van der Waals surface area contributed by atoms with Crippen molar-refractivity contribution in [3.8, 4) is 11.8 Å². The summed E-state index contributed by atoms with van der Waals surface area (Å²) in [5.74, 6) is 6.03. The maximum atomic E-state index is 6.19. The van der Waals surface area contributed by atoms with E-state index in [1.54, 1.807) is 6.07 Å². The van der Waals surface area contributed by atoms with E-state index in [2.05, 4.69) is 24.1 Å². The summed E-state index contributed by atoms with van der Waals surface area (Å²) in [5, 5.41) is 4.90. The second kappa shape index (κ2) is 8.43. The van der Waals surface area contributed by atoms with E-state index in [1.165, 1.54) is 0 Å². The van der Waals surface area contributed by atoms with Crippen molar-refractivity contribution >= 4 is 23.2 Å². The number of rotatable bonds is 6. The number of hydrogen-bond donors (Lipinski definition) is 1. The van der Waals surface area contributed by atoms with E-state index in [0.717, 1.165) is 36.4 Å². The average molecular weight is 284 g/mol. The maximum Gasteiger partial charge on any atom is 0.0453 e. The van der Waals surface area contributed by atoms with Crippen LogP contribution in [0.15, 0.2) is 18.2 Å². The molecule has 0 saturated carbocycles. The molecular formula is C15H19Cl2N. The minimum absolute atomic E-state index is 0.412. The Kier molecular flexibility index (Phi) is 7.20. The molecule has 0 aliphatic rings. The summed E-state index contributed by atoms with van der Waals surface area (Å²) >= 11 is 12.1. The highest BCUT2D eigenvalue weighted by molar-refractivity contribution is 6.35. The minimum Gasteiger partial charge on any atom is -0.314 e. The van der Waals surface area contributed by atoms with Crippen LogP contribution in [-0.4, -0.2) is 12.6 Å². The number of halogens is 2. The van der Waals surface area contributed by atoms with Crippen molar-refractivity contribution in [3.63, 3.8) is 0 Å². The lowest BCUT2D eigenvalue weighted by Gasteiger charge is -2.17. The van der Waals surface area contributed by atoms with Crippen LogP contribution >= 0.6 is 23.2 Å². The summed E-state index contributed by atoms with van der Waals surface area (Å²) in [6.07, 6.45) is 2.86. The van der Waals surface area contributed by atoms with Gasteiger partial charge in [-0.05, 0) is 44.0 Å². The van der Waals surface area contributed by atoms with Crippen molar-refractivity contribution in [1.82, 2.24) is 5.32 Å². The van der Waals surface area contributed by atoms with Crippen LogP contribution in [0.3, 0.4) is 0 Å². The van der Waals surface area contributed by atoms with E-state index in [-0.39, 0.29) is 0 Å². The zero-order valence-electron chi connectivity index (χ0n) is 10.9. The van der Waals surface area contributed by atoms with Crippen molar-refractivity contribution in [3.05, 3.63) is 33.8 Å². The molecule has 0 aromatic heterocycles. The predicted molar refractivity (Wildman–Crippen MR) is 80.3 cm³/mol. The zero-order chi connectivity index (χ0) is 13.4. The Morgan fingerprint density at radius 3 is 2.72 bits per heavy atom. The Morgan fingerprint density at radius 2 is 2.11 bits per heavy atom. The van der Waals surface area contributed by atoms with Crippen LogP contribution in [0.5, 0.6) is 0 Å². The van der Waals surface area contributed by atoms with E-state index in [0.29, 0.717) is 11.1 Å². The van der Waals surface area contributed by atoms with Crippen molar-refractivity contribution in [2.24, 2.45) is 0 Å². The molecule has 18 heavy (non-hydrogen) atoms. The van der Waals surface area contributed by atoms with Gasteiger partial charge < -0.3 is 5.32 Å². The van der Waals surface area contributed by atoms with Crippen LogP contribution in [0, 0.1) is 11.8 Å². The molecule has 1 aromatic carbocycles. The molecule has 0 amide bonds. The van der Waals surface area contributed by atoms with Crippen molar-refractivity contribution in [2.75, 3.05) is 6.54 Å². The fourth-order valence-corrected chi connectivity index (χ4v) is 2.37. The maximum absolute atomic E-state index is 6.19. The molecule has 1 rings (SSSR count). The molecule has 0 fully saturated rings. The third-order valence-electron chi connectivity index (χ3n) is 2.77. The van der Waals surface area contributed by atoms with Gasteiger partial charge in [0.15, 0.2) is 0 Å². The predicted octanol–water partition coefficient (Wildman–Crippen LogP) is 4.32. The third kappa shape index (κ3) is 5.31. The normalized spacial score (nSPS) is 11.8. The highest BCUT2D eigenvalue weighted by Crippen LogP contribution is 2.22. The molecular weight excluding hydrogens is 265 g/mol. The van der Waals surface area contributed by atoms with E-state index < -0.39 is 0 Å². The molecule has 0 spiro atoms. The van der Waals surface area contributed by atoms with Gasteiger partial charge in [0.1, 0.15) is 0 Å². The number of benzene rings is 1. The van der Waals surface area contributed by atoms with Gasteiger partial charge in [0.2, 0.25) is 0 Å². The lowest BCUT2D eigenvalue weighted by molar-refractivity contribution is 0.497.